The van der Waals surface area contributed by atoms with E-state index in [9.17, 15) is 9.59 Å². The number of nitrogens with two attached hydrogens (primary N) is 1. The van der Waals surface area contributed by atoms with Crippen molar-refractivity contribution < 1.29 is 9.59 Å². The van der Waals surface area contributed by atoms with Crippen LogP contribution in [-0.4, -0.2) is 76.9 Å². The molecular weight excluding hydrogens is 535 g/mol. The fourth-order valence-electron chi connectivity index (χ4n) is 4.49. The summed E-state index contributed by atoms with van der Waals surface area (Å²) in [7, 11) is 0. The van der Waals surface area contributed by atoms with Gasteiger partial charge in [0, 0.05) is 63.3 Å². The number of thiazole rings is 1. The summed E-state index contributed by atoms with van der Waals surface area (Å²) < 4.78 is 0. The van der Waals surface area contributed by atoms with Crippen molar-refractivity contribution in [2.24, 2.45) is 5.73 Å². The number of hydrogen-bond donors (Lipinski definition) is 4. The molecule has 10 nitrogen and oxygen atoms in total. The molecule has 0 unspecified atom stereocenters. The number of nitrogens with one attached hydrogen (secondary N) is 3. The first-order valence-corrected chi connectivity index (χ1v) is 12.9. The lowest BCUT2D eigenvalue weighted by atomic mass is 10.1. The van der Waals surface area contributed by atoms with Crippen LogP contribution in [0.3, 0.4) is 0 Å². The molecule has 13 heteroatoms. The van der Waals surface area contributed by atoms with Gasteiger partial charge in [-0.25, -0.2) is 9.78 Å². The van der Waals surface area contributed by atoms with Crippen molar-refractivity contribution in [3.05, 3.63) is 40.4 Å². The number of urea groups is 1. The first-order valence-electron chi connectivity index (χ1n) is 12.1. The van der Waals surface area contributed by atoms with Crippen LogP contribution in [0, 0.1) is 5.41 Å². The van der Waals surface area contributed by atoms with E-state index >= 15 is 0 Å². The molecule has 0 saturated carbocycles. The van der Waals surface area contributed by atoms with Gasteiger partial charge < -0.3 is 26.2 Å². The summed E-state index contributed by atoms with van der Waals surface area (Å²) in [5.74, 6) is -0.212. The Balaban J connectivity index is 0.00000241. The second kappa shape index (κ2) is 14.4. The molecule has 3 heterocycles. The Bertz CT molecular complexity index is 1050. The number of aryl methyl sites for hydroxylation is 2. The molecule has 0 bridgehead atoms. The third-order valence-electron chi connectivity index (χ3n) is 6.33. The van der Waals surface area contributed by atoms with Crippen molar-refractivity contribution in [2.45, 2.75) is 39.2 Å². The maximum absolute atomic E-state index is 12.7. The minimum Gasteiger partial charge on any atom is -0.370 e. The Morgan fingerprint density at radius 1 is 0.973 bits per heavy atom. The van der Waals surface area contributed by atoms with Crippen LogP contribution in [0.1, 0.15) is 35.9 Å². The van der Waals surface area contributed by atoms with E-state index in [1.165, 1.54) is 18.3 Å². The summed E-state index contributed by atoms with van der Waals surface area (Å²) in [6.45, 7) is 7.16. The maximum Gasteiger partial charge on any atom is 0.320 e. The van der Waals surface area contributed by atoms with Crippen molar-refractivity contribution in [1.82, 2.24) is 19.7 Å². The number of amides is 3. The van der Waals surface area contributed by atoms with E-state index in [0.717, 1.165) is 93.3 Å². The number of carbonyl (C=O) groups excluding carboxylic acids is 2. The number of benzene rings is 1. The summed E-state index contributed by atoms with van der Waals surface area (Å²) in [5, 5.41) is 13.6. The number of carbonyl (C=O) groups is 2. The van der Waals surface area contributed by atoms with Gasteiger partial charge in [-0.2, -0.15) is 0 Å². The lowest BCUT2D eigenvalue weighted by Crippen LogP contribution is -2.52. The Morgan fingerprint density at radius 3 is 2.19 bits per heavy atom. The Kier molecular flexibility index (Phi) is 11.9. The van der Waals surface area contributed by atoms with Gasteiger partial charge in [-0.3, -0.25) is 15.1 Å². The Labute approximate surface area is 234 Å². The number of nitrogens with zero attached hydrogens (tertiary/aromatic N) is 4. The second-order valence-corrected chi connectivity index (χ2v) is 10.1. The molecule has 0 atom stereocenters. The summed E-state index contributed by atoms with van der Waals surface area (Å²) in [5.41, 5.74) is 8.33. The van der Waals surface area contributed by atoms with E-state index in [1.54, 1.807) is 0 Å². The zero-order chi connectivity index (χ0) is 24.8. The smallest absolute Gasteiger partial charge is 0.320 e. The lowest BCUT2D eigenvalue weighted by Gasteiger charge is -2.36. The molecule has 2 aliphatic rings. The quantitative estimate of drug-likeness (QED) is 0.298. The maximum atomic E-state index is 12.7. The van der Waals surface area contributed by atoms with Crippen molar-refractivity contribution in [2.75, 3.05) is 49.9 Å². The summed E-state index contributed by atoms with van der Waals surface area (Å²) in [6.07, 6.45) is 3.79. The van der Waals surface area contributed by atoms with Gasteiger partial charge in [0.05, 0.1) is 5.69 Å². The molecular formula is C24H36Cl2N8O2S. The number of piperazine rings is 1. The average molecular weight is 572 g/mol. The molecule has 1 aromatic heterocycles. The molecule has 0 radical (unpaired) electrons. The topological polar surface area (TPSA) is 131 Å². The number of hydrogen-bond acceptors (Lipinski definition) is 6. The molecule has 37 heavy (non-hydrogen) atoms. The zero-order valence-corrected chi connectivity index (χ0v) is 23.4. The minimum atomic E-state index is -0.126. The standard InChI is InChI=1S/C24H34N8O2S.2ClH/c1-17(33)27-23-29-20(9-6-18-4-7-19(8-5-18)28-22(25)26)21(35-23)16-30-12-14-32(15-13-30)24(34)31-10-2-3-11-31;;/h4-5,7-8H,2-3,6,9-16H2,1H3,(H4,25,26,28)(H,27,29,33);2*1H. The number of guanidine groups is 1. The van der Waals surface area contributed by atoms with Gasteiger partial charge in [-0.05, 0) is 43.4 Å². The van der Waals surface area contributed by atoms with Crippen LogP contribution in [0.25, 0.3) is 0 Å². The predicted octanol–water partition coefficient (Wildman–Crippen LogP) is 3.37. The van der Waals surface area contributed by atoms with Gasteiger partial charge >= 0.3 is 6.03 Å². The third-order valence-corrected chi connectivity index (χ3v) is 7.33. The molecule has 204 valence electrons. The van der Waals surface area contributed by atoms with Gasteiger partial charge in [-0.1, -0.05) is 12.1 Å². The van der Waals surface area contributed by atoms with Crippen molar-refractivity contribution in [1.29, 1.82) is 5.41 Å². The molecule has 0 spiro atoms. The molecule has 5 N–H and O–H groups in total. The van der Waals surface area contributed by atoms with Gasteiger partial charge in [0.25, 0.3) is 0 Å². The largest absolute Gasteiger partial charge is 0.370 e. The average Bonchev–Trinajstić information content (AvgIpc) is 3.48. The first-order chi connectivity index (χ1) is 16.9. The third kappa shape index (κ3) is 8.74. The molecule has 3 amide bonds. The SMILES string of the molecule is CC(=O)Nc1nc(CCc2ccc(NC(=N)N)cc2)c(CN2CCN(C(=O)N3CCCC3)CC2)s1.Cl.Cl. The van der Waals surface area contributed by atoms with E-state index in [2.05, 4.69) is 15.5 Å². The van der Waals surface area contributed by atoms with Gasteiger partial charge in [0.1, 0.15) is 0 Å². The summed E-state index contributed by atoms with van der Waals surface area (Å²) in [4.78, 5) is 36.5. The van der Waals surface area contributed by atoms with Gasteiger partial charge in [0.15, 0.2) is 11.1 Å². The highest BCUT2D eigenvalue weighted by Crippen LogP contribution is 2.27. The zero-order valence-electron chi connectivity index (χ0n) is 21.0. The van der Waals surface area contributed by atoms with E-state index in [4.69, 9.17) is 16.1 Å². The van der Waals surface area contributed by atoms with Crippen LogP contribution >= 0.6 is 36.2 Å². The number of aromatic nitrogens is 1. The second-order valence-electron chi connectivity index (χ2n) is 9.05. The minimum absolute atomic E-state index is 0. The van der Waals surface area contributed by atoms with Crippen LogP contribution in [0.15, 0.2) is 24.3 Å². The Morgan fingerprint density at radius 2 is 1.59 bits per heavy atom. The number of halogens is 2. The fourth-order valence-corrected chi connectivity index (χ4v) is 5.58. The van der Waals surface area contributed by atoms with Gasteiger partial charge in [0.2, 0.25) is 5.91 Å². The predicted molar refractivity (Wildman–Crippen MR) is 153 cm³/mol. The van der Waals surface area contributed by atoms with E-state index in [0.29, 0.717) is 5.13 Å². The fraction of sp³-hybridized carbons (Fsp3) is 0.500. The number of rotatable bonds is 7. The highest BCUT2D eigenvalue weighted by Gasteiger charge is 2.27. The summed E-state index contributed by atoms with van der Waals surface area (Å²) in [6, 6.07) is 8.03. The van der Waals surface area contributed by atoms with E-state index < -0.39 is 0 Å². The number of likely N-dealkylation sites (tertiary alicyclic amines) is 1. The van der Waals surface area contributed by atoms with Crippen LogP contribution in [0.4, 0.5) is 15.6 Å². The van der Waals surface area contributed by atoms with Crippen molar-refractivity contribution in [3.8, 4) is 0 Å². The van der Waals surface area contributed by atoms with Crippen LogP contribution in [0.5, 0.6) is 0 Å². The van der Waals surface area contributed by atoms with Crippen molar-refractivity contribution >= 4 is 64.9 Å². The monoisotopic (exact) mass is 570 g/mol. The van der Waals surface area contributed by atoms with Crippen LogP contribution in [0.2, 0.25) is 0 Å². The first kappa shape index (κ1) is 30.6. The van der Waals surface area contributed by atoms with Crippen LogP contribution < -0.4 is 16.4 Å². The summed E-state index contributed by atoms with van der Waals surface area (Å²) >= 11 is 1.53. The normalized spacial score (nSPS) is 15.5. The molecule has 2 saturated heterocycles. The van der Waals surface area contributed by atoms with E-state index in [-0.39, 0.29) is 42.7 Å². The molecule has 0 aliphatic carbocycles. The van der Waals surface area contributed by atoms with Crippen LogP contribution in [-0.2, 0) is 24.2 Å². The van der Waals surface area contributed by atoms with Crippen molar-refractivity contribution in [3.63, 3.8) is 0 Å². The van der Waals surface area contributed by atoms with Gasteiger partial charge in [-0.15, -0.1) is 36.2 Å². The molecule has 1 aromatic carbocycles. The van der Waals surface area contributed by atoms with E-state index in [1.807, 2.05) is 34.1 Å². The highest BCUT2D eigenvalue weighted by molar-refractivity contribution is 7.15. The molecule has 2 aromatic rings. The highest BCUT2D eigenvalue weighted by atomic mass is 35.5. The molecule has 4 rings (SSSR count). The molecule has 2 fully saturated rings. The lowest BCUT2D eigenvalue weighted by molar-refractivity contribution is -0.114. The molecule has 2 aliphatic heterocycles. The number of anilines is 2. The Hall–Kier alpha value is -2.60.